The Morgan fingerprint density at radius 2 is 2.05 bits per heavy atom. The molecule has 102 valence electrons. The SMILES string of the molecule is CS(=O)(=O)OC(Cn1cccn1)c1ccc(Cl)cc1. The van der Waals surface area contributed by atoms with Crippen molar-refractivity contribution in [3.8, 4) is 0 Å². The molecule has 1 heterocycles. The second-order valence-electron chi connectivity index (χ2n) is 4.07. The maximum atomic E-state index is 11.3. The molecule has 0 aliphatic heterocycles. The van der Waals surface area contributed by atoms with Crippen LogP contribution in [0.4, 0.5) is 0 Å². The molecular weight excluding hydrogens is 288 g/mol. The number of halogens is 1. The molecule has 0 spiro atoms. The number of rotatable bonds is 5. The van der Waals surface area contributed by atoms with E-state index in [2.05, 4.69) is 5.10 Å². The molecule has 0 aliphatic rings. The summed E-state index contributed by atoms with van der Waals surface area (Å²) in [6.45, 7) is 0.307. The third-order valence-corrected chi connectivity index (χ3v) is 3.28. The van der Waals surface area contributed by atoms with Gasteiger partial charge in [-0.1, -0.05) is 23.7 Å². The molecular formula is C12H13ClN2O3S. The molecule has 19 heavy (non-hydrogen) atoms. The van der Waals surface area contributed by atoms with Gasteiger partial charge in [0.25, 0.3) is 10.1 Å². The van der Waals surface area contributed by atoms with Crippen molar-refractivity contribution < 1.29 is 12.6 Å². The summed E-state index contributed by atoms with van der Waals surface area (Å²) < 4.78 is 29.4. The number of nitrogens with zero attached hydrogens (tertiary/aromatic N) is 2. The van der Waals surface area contributed by atoms with E-state index in [0.29, 0.717) is 11.6 Å². The maximum absolute atomic E-state index is 11.3. The summed E-state index contributed by atoms with van der Waals surface area (Å²) in [5, 5.41) is 4.63. The highest BCUT2D eigenvalue weighted by Gasteiger charge is 2.18. The summed E-state index contributed by atoms with van der Waals surface area (Å²) in [6, 6.07) is 8.62. The summed E-state index contributed by atoms with van der Waals surface area (Å²) in [7, 11) is -3.56. The minimum absolute atomic E-state index is 0.307. The van der Waals surface area contributed by atoms with Crippen LogP contribution in [0.15, 0.2) is 42.7 Å². The van der Waals surface area contributed by atoms with E-state index in [9.17, 15) is 8.42 Å². The molecule has 0 N–H and O–H groups in total. The molecule has 1 unspecified atom stereocenters. The lowest BCUT2D eigenvalue weighted by Crippen LogP contribution is -2.16. The fraction of sp³-hybridized carbons (Fsp3) is 0.250. The first-order valence-corrected chi connectivity index (χ1v) is 7.74. The summed E-state index contributed by atoms with van der Waals surface area (Å²) >= 11 is 5.82. The van der Waals surface area contributed by atoms with Gasteiger partial charge in [-0.15, -0.1) is 0 Å². The van der Waals surface area contributed by atoms with Gasteiger partial charge in [0.05, 0.1) is 12.8 Å². The van der Waals surface area contributed by atoms with Gasteiger partial charge in [0.15, 0.2) is 0 Å². The predicted molar refractivity (Wildman–Crippen MR) is 72.3 cm³/mol. The van der Waals surface area contributed by atoms with Crippen molar-refractivity contribution in [1.82, 2.24) is 9.78 Å². The number of aromatic nitrogens is 2. The minimum Gasteiger partial charge on any atom is -0.270 e. The van der Waals surface area contributed by atoms with Crippen LogP contribution in [-0.4, -0.2) is 24.5 Å². The molecule has 0 radical (unpaired) electrons. The smallest absolute Gasteiger partial charge is 0.265 e. The second-order valence-corrected chi connectivity index (χ2v) is 6.11. The van der Waals surface area contributed by atoms with Gasteiger partial charge in [-0.05, 0) is 23.8 Å². The van der Waals surface area contributed by atoms with Crippen LogP contribution in [0.25, 0.3) is 0 Å². The van der Waals surface area contributed by atoms with Crippen molar-refractivity contribution in [3.05, 3.63) is 53.3 Å². The molecule has 0 saturated heterocycles. The van der Waals surface area contributed by atoms with Crippen molar-refractivity contribution in [2.45, 2.75) is 12.6 Å². The van der Waals surface area contributed by atoms with Gasteiger partial charge in [-0.25, -0.2) is 0 Å². The highest BCUT2D eigenvalue weighted by Crippen LogP contribution is 2.23. The molecule has 0 aliphatic carbocycles. The van der Waals surface area contributed by atoms with E-state index in [-0.39, 0.29) is 0 Å². The lowest BCUT2D eigenvalue weighted by Gasteiger charge is -2.16. The van der Waals surface area contributed by atoms with E-state index in [1.807, 2.05) is 0 Å². The third kappa shape index (κ3) is 4.34. The van der Waals surface area contributed by atoms with Crippen molar-refractivity contribution in [3.63, 3.8) is 0 Å². The first-order valence-electron chi connectivity index (χ1n) is 5.55. The van der Waals surface area contributed by atoms with Crippen LogP contribution in [0.5, 0.6) is 0 Å². The standard InChI is InChI=1S/C12H13ClN2O3S/c1-19(16,17)18-12(9-15-8-2-7-14-15)10-3-5-11(13)6-4-10/h2-8,12H,9H2,1H3. The maximum Gasteiger partial charge on any atom is 0.265 e. The van der Waals surface area contributed by atoms with Crippen molar-refractivity contribution in [2.75, 3.05) is 6.26 Å². The van der Waals surface area contributed by atoms with Gasteiger partial charge in [0.1, 0.15) is 6.10 Å². The molecule has 0 bridgehead atoms. The molecule has 7 heteroatoms. The van der Waals surface area contributed by atoms with Crippen molar-refractivity contribution >= 4 is 21.7 Å². The van der Waals surface area contributed by atoms with Crippen molar-refractivity contribution in [1.29, 1.82) is 0 Å². The molecule has 1 aromatic heterocycles. The van der Waals surface area contributed by atoms with Crippen LogP contribution >= 0.6 is 11.6 Å². The quantitative estimate of drug-likeness (QED) is 0.795. The van der Waals surface area contributed by atoms with Crippen LogP contribution < -0.4 is 0 Å². The van der Waals surface area contributed by atoms with Crippen LogP contribution in [0, 0.1) is 0 Å². The molecule has 2 aromatic rings. The van der Waals surface area contributed by atoms with E-state index in [1.54, 1.807) is 47.4 Å². The van der Waals surface area contributed by atoms with Gasteiger partial charge in [-0.2, -0.15) is 13.5 Å². The third-order valence-electron chi connectivity index (χ3n) is 2.44. The Labute approximate surface area is 116 Å². The first-order chi connectivity index (χ1) is 8.94. The largest absolute Gasteiger partial charge is 0.270 e. The summed E-state index contributed by atoms with van der Waals surface area (Å²) in [4.78, 5) is 0. The van der Waals surface area contributed by atoms with Crippen LogP contribution in [-0.2, 0) is 20.8 Å². The molecule has 1 atom stereocenters. The predicted octanol–water partition coefficient (Wildman–Crippen LogP) is 2.25. The highest BCUT2D eigenvalue weighted by atomic mass is 35.5. The zero-order chi connectivity index (χ0) is 13.9. The zero-order valence-corrected chi connectivity index (χ0v) is 11.8. The van der Waals surface area contributed by atoms with Crippen LogP contribution in [0.3, 0.4) is 0 Å². The summed E-state index contributed by atoms with van der Waals surface area (Å²) in [5.41, 5.74) is 0.727. The Morgan fingerprint density at radius 3 is 2.58 bits per heavy atom. The molecule has 0 fully saturated rings. The molecule has 2 rings (SSSR count). The highest BCUT2D eigenvalue weighted by molar-refractivity contribution is 7.86. The Kier molecular flexibility index (Phi) is 4.24. The zero-order valence-electron chi connectivity index (χ0n) is 10.2. The molecule has 5 nitrogen and oxygen atoms in total. The average molecular weight is 301 g/mol. The topological polar surface area (TPSA) is 61.2 Å². The summed E-state index contributed by atoms with van der Waals surface area (Å²) in [5.74, 6) is 0. The summed E-state index contributed by atoms with van der Waals surface area (Å²) in [6.07, 6.45) is 3.76. The normalized spacial score (nSPS) is 13.4. The van der Waals surface area contributed by atoms with E-state index in [4.69, 9.17) is 15.8 Å². The Balaban J connectivity index is 2.25. The second kappa shape index (κ2) is 5.73. The lowest BCUT2D eigenvalue weighted by atomic mass is 10.1. The van der Waals surface area contributed by atoms with Gasteiger partial charge >= 0.3 is 0 Å². The molecule has 0 amide bonds. The average Bonchev–Trinajstić information content (AvgIpc) is 2.80. The van der Waals surface area contributed by atoms with E-state index < -0.39 is 16.2 Å². The number of benzene rings is 1. The van der Waals surface area contributed by atoms with Crippen LogP contribution in [0.2, 0.25) is 5.02 Å². The monoisotopic (exact) mass is 300 g/mol. The van der Waals surface area contributed by atoms with Gasteiger partial charge in [0, 0.05) is 17.4 Å². The number of hydrogen-bond donors (Lipinski definition) is 0. The Hall–Kier alpha value is -1.37. The van der Waals surface area contributed by atoms with Crippen LogP contribution in [0.1, 0.15) is 11.7 Å². The van der Waals surface area contributed by atoms with Gasteiger partial charge in [0.2, 0.25) is 0 Å². The van der Waals surface area contributed by atoms with Crippen molar-refractivity contribution in [2.24, 2.45) is 0 Å². The van der Waals surface area contributed by atoms with E-state index >= 15 is 0 Å². The van der Waals surface area contributed by atoms with Gasteiger partial charge < -0.3 is 0 Å². The van der Waals surface area contributed by atoms with E-state index in [0.717, 1.165) is 11.8 Å². The fourth-order valence-corrected chi connectivity index (χ4v) is 2.38. The molecule has 0 saturated carbocycles. The number of hydrogen-bond acceptors (Lipinski definition) is 4. The lowest BCUT2D eigenvalue weighted by molar-refractivity contribution is 0.187. The van der Waals surface area contributed by atoms with Gasteiger partial charge in [-0.3, -0.25) is 8.86 Å². The Bertz CT molecular complexity index is 624. The van der Waals surface area contributed by atoms with E-state index in [1.165, 1.54) is 0 Å². The fourth-order valence-electron chi connectivity index (χ4n) is 1.66. The first kappa shape index (κ1) is 14.0. The molecule has 1 aromatic carbocycles. The minimum atomic E-state index is -3.56. The Morgan fingerprint density at radius 1 is 1.37 bits per heavy atom.